The first-order chi connectivity index (χ1) is 23.7. The number of nitrogens with zero attached hydrogens (tertiary/aromatic N) is 6. The van der Waals surface area contributed by atoms with E-state index in [0.29, 0.717) is 59.3 Å². The highest BCUT2D eigenvalue weighted by Crippen LogP contribution is 2.42. The molecule has 0 radical (unpaired) electrons. The molecule has 4 aromatic rings. The second kappa shape index (κ2) is 14.6. The summed E-state index contributed by atoms with van der Waals surface area (Å²) < 4.78 is 38.6. The summed E-state index contributed by atoms with van der Waals surface area (Å²) in [4.78, 5) is 28.2. The number of carbonyl (C=O) groups is 1. The highest BCUT2D eigenvalue weighted by atomic mass is 32.1. The molecular formula is C36H41F2N7O3S. The van der Waals surface area contributed by atoms with E-state index in [0.717, 1.165) is 41.7 Å². The largest absolute Gasteiger partial charge is 0.467 e. The average molecular weight is 690 g/mol. The highest BCUT2D eigenvalue weighted by Gasteiger charge is 2.40. The van der Waals surface area contributed by atoms with Crippen LogP contribution in [0.1, 0.15) is 38.2 Å². The third kappa shape index (κ3) is 6.52. The zero-order valence-electron chi connectivity index (χ0n) is 28.0. The third-order valence-electron chi connectivity index (χ3n) is 9.86. The van der Waals surface area contributed by atoms with Gasteiger partial charge in [0.1, 0.15) is 28.9 Å². The molecular weight excluding hydrogens is 649 g/mol. The van der Waals surface area contributed by atoms with E-state index in [1.807, 2.05) is 25.1 Å². The molecule has 49 heavy (non-hydrogen) atoms. The normalized spacial score (nSPS) is 21.8. The van der Waals surface area contributed by atoms with Crippen LogP contribution in [0.3, 0.4) is 0 Å². The van der Waals surface area contributed by atoms with Crippen LogP contribution in [0.2, 0.25) is 0 Å². The summed E-state index contributed by atoms with van der Waals surface area (Å²) >= 11 is 1.06. The number of ether oxygens (including phenoxy) is 2. The van der Waals surface area contributed by atoms with E-state index >= 15 is 0 Å². The lowest BCUT2D eigenvalue weighted by Gasteiger charge is -2.35. The van der Waals surface area contributed by atoms with Crippen molar-refractivity contribution in [3.8, 4) is 23.2 Å². The first-order valence-corrected chi connectivity index (χ1v) is 17.4. The Kier molecular flexibility index (Phi) is 10.3. The molecule has 7 rings (SSSR count). The Morgan fingerprint density at radius 3 is 2.76 bits per heavy atom. The van der Waals surface area contributed by atoms with E-state index in [9.17, 15) is 18.8 Å². The molecule has 2 aromatic heterocycles. The van der Waals surface area contributed by atoms with Crippen molar-refractivity contribution in [1.82, 2.24) is 19.8 Å². The van der Waals surface area contributed by atoms with Crippen molar-refractivity contribution in [3.63, 3.8) is 0 Å². The third-order valence-corrected chi connectivity index (χ3v) is 10.9. The number of fused-ring (bicyclic) bond motifs is 3. The lowest BCUT2D eigenvalue weighted by Crippen LogP contribution is -2.49. The molecule has 3 saturated heterocycles. The minimum Gasteiger partial charge on any atom is -0.467 e. The zero-order valence-corrected chi connectivity index (χ0v) is 28.8. The topological polar surface area (TPSA) is 121 Å². The molecule has 10 nitrogen and oxygen atoms in total. The van der Waals surface area contributed by atoms with Crippen molar-refractivity contribution in [2.24, 2.45) is 0 Å². The number of halogens is 2. The Morgan fingerprint density at radius 1 is 1.24 bits per heavy atom. The fourth-order valence-electron chi connectivity index (χ4n) is 7.64. The number of anilines is 2. The molecule has 3 aliphatic rings. The molecule has 0 spiro atoms. The van der Waals surface area contributed by atoms with Gasteiger partial charge in [0.2, 0.25) is 5.91 Å². The number of nitriles is 1. The van der Waals surface area contributed by atoms with Crippen LogP contribution in [0.15, 0.2) is 43.0 Å². The fraction of sp³-hybridized carbons (Fsp3) is 0.444. The van der Waals surface area contributed by atoms with Gasteiger partial charge in [-0.2, -0.15) is 15.2 Å². The van der Waals surface area contributed by atoms with Crippen molar-refractivity contribution in [3.05, 3.63) is 54.4 Å². The summed E-state index contributed by atoms with van der Waals surface area (Å²) in [6.07, 6.45) is 4.88. The van der Waals surface area contributed by atoms with Crippen LogP contribution in [-0.2, 0) is 9.53 Å². The standard InChI is InChI=1S/C29H29FN6O3S.C7H12FN/c1-5-24(37)36-12-11-22(23(36)15-38-3)35(6-2)28-18-8-7-16(13-21(18)33-29(34-28)39-4)17-9-10-20(30)26-25(17)19(14-31)27(32)40-26;8-6-4-7-2-1-3-9(7)5-6/h5,7-10,13,22-23H,1,6,11-12,15,32H2,2-4H3;6-7H,1-5H2/t22-,23-;/m1./s1. The van der Waals surface area contributed by atoms with Gasteiger partial charge >= 0.3 is 6.01 Å². The van der Waals surface area contributed by atoms with Crippen LogP contribution in [0, 0.1) is 17.1 Å². The lowest BCUT2D eigenvalue weighted by atomic mass is 9.98. The van der Waals surface area contributed by atoms with Gasteiger partial charge < -0.3 is 25.0 Å². The number of methoxy groups -OCH3 is 2. The fourth-order valence-corrected chi connectivity index (χ4v) is 8.59. The maximum absolute atomic E-state index is 14.6. The van der Waals surface area contributed by atoms with Gasteiger partial charge in [-0.15, -0.1) is 11.3 Å². The molecule has 13 heteroatoms. The summed E-state index contributed by atoms with van der Waals surface area (Å²) in [6.45, 7) is 9.12. The van der Waals surface area contributed by atoms with Gasteiger partial charge in [-0.25, -0.2) is 8.78 Å². The molecule has 2 N–H and O–H groups in total. The number of thiophene rings is 1. The van der Waals surface area contributed by atoms with E-state index in [2.05, 4.69) is 27.4 Å². The van der Waals surface area contributed by atoms with Crippen molar-refractivity contribution >= 4 is 49.1 Å². The zero-order chi connectivity index (χ0) is 34.8. The second-order valence-electron chi connectivity index (χ2n) is 12.5. The Morgan fingerprint density at radius 2 is 2.06 bits per heavy atom. The van der Waals surface area contributed by atoms with Gasteiger partial charge in [-0.3, -0.25) is 9.69 Å². The van der Waals surface area contributed by atoms with E-state index in [1.54, 1.807) is 18.1 Å². The van der Waals surface area contributed by atoms with Crippen LogP contribution in [0.25, 0.3) is 32.1 Å². The number of aromatic nitrogens is 2. The van der Waals surface area contributed by atoms with Gasteiger partial charge in [0, 0.05) is 43.6 Å². The Bertz CT molecular complexity index is 1900. The van der Waals surface area contributed by atoms with Gasteiger partial charge in [-0.1, -0.05) is 18.7 Å². The number of amides is 1. The number of alkyl halides is 1. The average Bonchev–Trinajstić information content (AvgIpc) is 3.88. The van der Waals surface area contributed by atoms with Crippen LogP contribution >= 0.6 is 11.3 Å². The number of hydrogen-bond acceptors (Lipinski definition) is 10. The van der Waals surface area contributed by atoms with Crippen molar-refractivity contribution in [2.45, 2.75) is 56.9 Å². The molecule has 2 unspecified atom stereocenters. The number of hydrogen-bond donors (Lipinski definition) is 1. The van der Waals surface area contributed by atoms with E-state index in [-0.39, 0.29) is 34.6 Å². The van der Waals surface area contributed by atoms with Gasteiger partial charge in [-0.05, 0) is 74.6 Å². The van der Waals surface area contributed by atoms with Gasteiger partial charge in [0.25, 0.3) is 0 Å². The van der Waals surface area contributed by atoms with Crippen molar-refractivity contribution in [1.29, 1.82) is 5.26 Å². The molecule has 3 fully saturated rings. The summed E-state index contributed by atoms with van der Waals surface area (Å²) in [6, 6.07) is 11.4. The summed E-state index contributed by atoms with van der Waals surface area (Å²) in [5.41, 5.74) is 8.37. The predicted molar refractivity (Wildman–Crippen MR) is 189 cm³/mol. The first-order valence-electron chi connectivity index (χ1n) is 16.6. The molecule has 0 bridgehead atoms. The maximum Gasteiger partial charge on any atom is 0.318 e. The maximum atomic E-state index is 14.6. The Hall–Kier alpha value is -4.38. The van der Waals surface area contributed by atoms with E-state index < -0.39 is 12.0 Å². The lowest BCUT2D eigenvalue weighted by molar-refractivity contribution is -0.127. The number of nitrogens with two attached hydrogens (primary N) is 1. The summed E-state index contributed by atoms with van der Waals surface area (Å²) in [5, 5.41) is 11.3. The molecule has 0 saturated carbocycles. The molecule has 0 aliphatic carbocycles. The van der Waals surface area contributed by atoms with Crippen LogP contribution in [-0.4, -0.2) is 97.0 Å². The van der Waals surface area contributed by atoms with Crippen LogP contribution < -0.4 is 15.4 Å². The molecule has 1 amide bonds. The number of rotatable bonds is 8. The number of benzene rings is 2. The number of carbonyl (C=O) groups excluding carboxylic acids is 1. The van der Waals surface area contributed by atoms with Crippen molar-refractivity contribution < 1.29 is 23.0 Å². The minimum atomic E-state index is -0.518. The monoisotopic (exact) mass is 689 g/mol. The molecule has 3 aliphatic heterocycles. The first kappa shape index (κ1) is 34.5. The van der Waals surface area contributed by atoms with E-state index in [1.165, 1.54) is 32.1 Å². The minimum absolute atomic E-state index is 0.0555. The van der Waals surface area contributed by atoms with E-state index in [4.69, 9.17) is 20.2 Å². The second-order valence-corrected chi connectivity index (χ2v) is 13.6. The summed E-state index contributed by atoms with van der Waals surface area (Å²) in [7, 11) is 3.13. The van der Waals surface area contributed by atoms with Gasteiger partial charge in [0.05, 0.1) is 41.6 Å². The Labute approximate surface area is 288 Å². The highest BCUT2D eigenvalue weighted by molar-refractivity contribution is 7.23. The van der Waals surface area contributed by atoms with Crippen LogP contribution in [0.4, 0.5) is 19.6 Å². The predicted octanol–water partition coefficient (Wildman–Crippen LogP) is 5.93. The SMILES string of the molecule is C=CC(=O)N1CC[C@@H](N(CC)c2nc(OC)nc3cc(-c4ccc(F)c5sc(N)c(C#N)c45)ccc23)[C@H]1COC.FC1CC2CCCN2C1. The molecule has 2 aromatic carbocycles. The quantitative estimate of drug-likeness (QED) is 0.224. The molecule has 4 atom stereocenters. The number of likely N-dealkylation sites (N-methyl/N-ethyl adjacent to an activating group) is 1. The van der Waals surface area contributed by atoms with Crippen molar-refractivity contribution in [2.75, 3.05) is 57.6 Å². The summed E-state index contributed by atoms with van der Waals surface area (Å²) in [5.74, 6) is 0.122. The number of likely N-dealkylation sites (tertiary alicyclic amines) is 1. The smallest absolute Gasteiger partial charge is 0.318 e. The molecule has 5 heterocycles. The molecule has 258 valence electrons. The van der Waals surface area contributed by atoms with Gasteiger partial charge in [0.15, 0.2) is 0 Å². The Balaban J connectivity index is 0.000000396. The number of nitrogen functional groups attached to an aromatic ring is 1. The van der Waals surface area contributed by atoms with Crippen LogP contribution in [0.5, 0.6) is 6.01 Å².